The molecule has 0 aliphatic heterocycles. The highest BCUT2D eigenvalue weighted by Gasteiger charge is 2.21. The van der Waals surface area contributed by atoms with Crippen molar-refractivity contribution in [3.8, 4) is 11.7 Å². The fourth-order valence-electron chi connectivity index (χ4n) is 1.86. The van der Waals surface area contributed by atoms with Gasteiger partial charge in [-0.2, -0.15) is 8.42 Å². The molecule has 3 rings (SSSR count). The fourth-order valence-corrected chi connectivity index (χ4v) is 2.92. The van der Waals surface area contributed by atoms with Crippen molar-refractivity contribution < 1.29 is 17.3 Å². The summed E-state index contributed by atoms with van der Waals surface area (Å²) in [6.45, 7) is 3.45. The maximum Gasteiger partial charge on any atom is 0.295 e. The minimum atomic E-state index is -3.82. The predicted octanol–water partition coefficient (Wildman–Crippen LogP) is 2.75. The van der Waals surface area contributed by atoms with Crippen molar-refractivity contribution in [3.05, 3.63) is 47.9 Å². The second-order valence-corrected chi connectivity index (χ2v) is 6.28. The molecule has 1 N–H and O–H groups in total. The van der Waals surface area contributed by atoms with Crippen LogP contribution in [-0.2, 0) is 10.0 Å². The molecule has 0 amide bonds. The van der Waals surface area contributed by atoms with Gasteiger partial charge >= 0.3 is 0 Å². The first kappa shape index (κ1) is 14.3. The number of furan rings is 1. The van der Waals surface area contributed by atoms with Gasteiger partial charge in [0.15, 0.2) is 5.76 Å². The van der Waals surface area contributed by atoms with Crippen LogP contribution in [0, 0.1) is 13.8 Å². The zero-order chi connectivity index (χ0) is 15.7. The molecule has 0 fully saturated rings. The smallest absolute Gasteiger partial charge is 0.295 e. The lowest BCUT2D eigenvalue weighted by Crippen LogP contribution is -2.12. The van der Waals surface area contributed by atoms with Crippen molar-refractivity contribution in [3.63, 3.8) is 0 Å². The molecular formula is C14H13N3O4S. The Hall–Kier alpha value is -2.61. The van der Waals surface area contributed by atoms with Gasteiger partial charge in [0.25, 0.3) is 15.9 Å². The molecule has 3 aromatic rings. The summed E-state index contributed by atoms with van der Waals surface area (Å²) in [6.07, 6.45) is 0. The van der Waals surface area contributed by atoms with Gasteiger partial charge in [0.05, 0.1) is 5.69 Å². The summed E-state index contributed by atoms with van der Waals surface area (Å²) in [5.41, 5.74) is 1.31. The highest BCUT2D eigenvalue weighted by Crippen LogP contribution is 2.25. The number of hydrogen-bond donors (Lipinski definition) is 1. The predicted molar refractivity (Wildman–Crippen MR) is 78.7 cm³/mol. The number of rotatable bonds is 4. The van der Waals surface area contributed by atoms with Crippen molar-refractivity contribution in [1.29, 1.82) is 0 Å². The van der Waals surface area contributed by atoms with Crippen LogP contribution in [-0.4, -0.2) is 18.6 Å². The normalized spacial score (nSPS) is 11.5. The van der Waals surface area contributed by atoms with Crippen LogP contribution in [0.4, 0.5) is 5.69 Å². The summed E-state index contributed by atoms with van der Waals surface area (Å²) in [6, 6.07) is 9.88. The molecule has 2 heterocycles. The summed E-state index contributed by atoms with van der Waals surface area (Å²) in [4.78, 5) is 0. The molecule has 0 saturated carbocycles. The van der Waals surface area contributed by atoms with Gasteiger partial charge in [-0.25, -0.2) is 0 Å². The Morgan fingerprint density at radius 3 is 2.45 bits per heavy atom. The average molecular weight is 319 g/mol. The van der Waals surface area contributed by atoms with Gasteiger partial charge in [-0.05, 0) is 30.7 Å². The van der Waals surface area contributed by atoms with E-state index in [9.17, 15) is 8.42 Å². The maximum absolute atomic E-state index is 12.3. The molecule has 2 aromatic heterocycles. The Kier molecular flexibility index (Phi) is 3.45. The van der Waals surface area contributed by atoms with E-state index in [0.29, 0.717) is 11.6 Å². The molecule has 0 aliphatic rings. The summed E-state index contributed by atoms with van der Waals surface area (Å²) in [5.74, 6) is 0.703. The van der Waals surface area contributed by atoms with E-state index in [-0.39, 0.29) is 16.7 Å². The van der Waals surface area contributed by atoms with Crippen LogP contribution in [0.25, 0.3) is 11.7 Å². The lowest BCUT2D eigenvalue weighted by Gasteiger charge is -2.08. The van der Waals surface area contributed by atoms with Crippen LogP contribution < -0.4 is 4.72 Å². The summed E-state index contributed by atoms with van der Waals surface area (Å²) in [7, 11) is -3.82. The minimum absolute atomic E-state index is 0.134. The van der Waals surface area contributed by atoms with E-state index in [0.717, 1.165) is 5.56 Å². The third-order valence-electron chi connectivity index (χ3n) is 2.97. The molecule has 0 unspecified atom stereocenters. The van der Waals surface area contributed by atoms with Crippen molar-refractivity contribution in [2.24, 2.45) is 0 Å². The summed E-state index contributed by atoms with van der Waals surface area (Å²) < 4.78 is 37.7. The molecule has 0 atom stereocenters. The topological polar surface area (TPSA) is 98.2 Å². The van der Waals surface area contributed by atoms with Gasteiger partial charge in [0, 0.05) is 6.92 Å². The first-order valence-corrected chi connectivity index (χ1v) is 7.93. The van der Waals surface area contributed by atoms with Gasteiger partial charge in [-0.15, -0.1) is 10.2 Å². The maximum atomic E-state index is 12.3. The number of sulfonamides is 1. The number of nitrogens with zero attached hydrogens (tertiary/aromatic N) is 2. The molecule has 0 radical (unpaired) electrons. The standard InChI is InChI=1S/C14H13N3O4S/c1-9-5-3-4-6-11(9)17-22(18,19)13-8-7-12(21-13)14-16-15-10(2)20-14/h3-8,17H,1-2H3. The van der Waals surface area contributed by atoms with Crippen molar-refractivity contribution >= 4 is 15.7 Å². The van der Waals surface area contributed by atoms with E-state index in [4.69, 9.17) is 8.83 Å². The zero-order valence-electron chi connectivity index (χ0n) is 11.9. The van der Waals surface area contributed by atoms with Gasteiger partial charge in [-0.1, -0.05) is 18.2 Å². The number of aryl methyl sites for hydroxylation is 2. The third kappa shape index (κ3) is 2.73. The van der Waals surface area contributed by atoms with Crippen LogP contribution in [0.2, 0.25) is 0 Å². The molecule has 114 valence electrons. The molecular weight excluding hydrogens is 306 g/mol. The zero-order valence-corrected chi connectivity index (χ0v) is 12.7. The van der Waals surface area contributed by atoms with E-state index < -0.39 is 10.0 Å². The molecule has 0 saturated heterocycles. The lowest BCUT2D eigenvalue weighted by molar-refractivity contribution is 0.439. The Labute approximate surface area is 127 Å². The first-order valence-electron chi connectivity index (χ1n) is 6.44. The number of benzene rings is 1. The summed E-state index contributed by atoms with van der Waals surface area (Å²) >= 11 is 0. The van der Waals surface area contributed by atoms with Gasteiger partial charge in [0.1, 0.15) is 0 Å². The SMILES string of the molecule is Cc1nnc(-c2ccc(S(=O)(=O)Nc3ccccc3C)o2)o1. The fraction of sp³-hybridized carbons (Fsp3) is 0.143. The Morgan fingerprint density at radius 1 is 1.00 bits per heavy atom. The van der Waals surface area contributed by atoms with E-state index >= 15 is 0 Å². The van der Waals surface area contributed by atoms with E-state index in [1.807, 2.05) is 19.1 Å². The minimum Gasteiger partial charge on any atom is -0.438 e. The molecule has 1 aromatic carbocycles. The Balaban J connectivity index is 1.90. The van der Waals surface area contributed by atoms with E-state index in [1.165, 1.54) is 12.1 Å². The Bertz CT molecular complexity index is 912. The molecule has 7 nitrogen and oxygen atoms in total. The monoisotopic (exact) mass is 319 g/mol. The quantitative estimate of drug-likeness (QED) is 0.794. The van der Waals surface area contributed by atoms with Crippen molar-refractivity contribution in [2.75, 3.05) is 4.72 Å². The highest BCUT2D eigenvalue weighted by atomic mass is 32.2. The van der Waals surface area contributed by atoms with Gasteiger partial charge in [0.2, 0.25) is 11.0 Å². The molecule has 0 bridgehead atoms. The highest BCUT2D eigenvalue weighted by molar-refractivity contribution is 7.92. The first-order chi connectivity index (χ1) is 10.5. The van der Waals surface area contributed by atoms with Crippen molar-refractivity contribution in [2.45, 2.75) is 18.9 Å². The average Bonchev–Trinajstić information content (AvgIpc) is 3.10. The molecule has 0 aliphatic carbocycles. The number of aromatic nitrogens is 2. The molecule has 8 heteroatoms. The second-order valence-electron chi connectivity index (χ2n) is 4.67. The number of nitrogens with one attached hydrogen (secondary N) is 1. The van der Waals surface area contributed by atoms with Gasteiger partial charge in [-0.3, -0.25) is 4.72 Å². The largest absolute Gasteiger partial charge is 0.438 e. The van der Waals surface area contributed by atoms with Crippen molar-refractivity contribution in [1.82, 2.24) is 10.2 Å². The van der Waals surface area contributed by atoms with Crippen LogP contribution >= 0.6 is 0 Å². The molecule has 22 heavy (non-hydrogen) atoms. The number of hydrogen-bond acceptors (Lipinski definition) is 6. The van der Waals surface area contributed by atoms with E-state index in [2.05, 4.69) is 14.9 Å². The van der Waals surface area contributed by atoms with Crippen LogP contribution in [0.5, 0.6) is 0 Å². The number of anilines is 1. The second kappa shape index (κ2) is 5.30. The van der Waals surface area contributed by atoms with Crippen LogP contribution in [0.3, 0.4) is 0 Å². The van der Waals surface area contributed by atoms with E-state index in [1.54, 1.807) is 19.1 Å². The number of para-hydroxylation sites is 1. The lowest BCUT2D eigenvalue weighted by atomic mass is 10.2. The summed E-state index contributed by atoms with van der Waals surface area (Å²) in [5, 5.41) is 7.24. The van der Waals surface area contributed by atoms with Crippen LogP contribution in [0.15, 0.2) is 50.3 Å². The third-order valence-corrected chi connectivity index (χ3v) is 4.21. The Morgan fingerprint density at radius 2 is 1.77 bits per heavy atom. The van der Waals surface area contributed by atoms with Gasteiger partial charge < -0.3 is 8.83 Å². The van der Waals surface area contributed by atoms with Crippen LogP contribution in [0.1, 0.15) is 11.5 Å². The molecule has 0 spiro atoms.